The molecule has 1 unspecified atom stereocenters. The largest absolute Gasteiger partial charge is 0.491 e. The molecule has 1 aromatic rings. The summed E-state index contributed by atoms with van der Waals surface area (Å²) < 4.78 is 5.64. The Kier molecular flexibility index (Phi) is 6.38. The number of benzene rings is 1. The standard InChI is InChI=1S/C17H28N2O3/c1-12-7-8-15(13(2)9-12)22-11-14(20)10-18-17(3,4)16(21)19(5)6/h7-9,14,18,20H,10-11H2,1-6H3. The van der Waals surface area contributed by atoms with Crippen molar-refractivity contribution in [3.63, 3.8) is 0 Å². The number of aliphatic hydroxyl groups excluding tert-OH is 1. The molecular weight excluding hydrogens is 280 g/mol. The number of hydrogen-bond acceptors (Lipinski definition) is 4. The number of carbonyl (C=O) groups excluding carboxylic acids is 1. The SMILES string of the molecule is Cc1ccc(OCC(O)CNC(C)(C)C(=O)N(C)C)c(C)c1. The fraction of sp³-hybridized carbons (Fsp3) is 0.588. The molecule has 1 rings (SSSR count). The Bertz CT molecular complexity index is 513. The Morgan fingerprint density at radius 1 is 1.36 bits per heavy atom. The number of aryl methyl sites for hydroxylation is 2. The van der Waals surface area contributed by atoms with Gasteiger partial charge in [0.2, 0.25) is 5.91 Å². The molecule has 2 N–H and O–H groups in total. The summed E-state index contributed by atoms with van der Waals surface area (Å²) in [5, 5.41) is 13.1. The number of aliphatic hydroxyl groups is 1. The number of likely N-dealkylation sites (N-methyl/N-ethyl adjacent to an activating group) is 1. The topological polar surface area (TPSA) is 61.8 Å². The molecule has 0 heterocycles. The van der Waals surface area contributed by atoms with Crippen LogP contribution in [0.5, 0.6) is 5.75 Å². The first-order valence-electron chi connectivity index (χ1n) is 7.48. The third-order valence-electron chi connectivity index (χ3n) is 3.48. The van der Waals surface area contributed by atoms with Gasteiger partial charge in [-0.25, -0.2) is 0 Å². The van der Waals surface area contributed by atoms with E-state index < -0.39 is 11.6 Å². The van der Waals surface area contributed by atoms with Gasteiger partial charge in [-0.1, -0.05) is 17.7 Å². The van der Waals surface area contributed by atoms with Crippen LogP contribution in [-0.4, -0.2) is 54.8 Å². The highest BCUT2D eigenvalue weighted by Gasteiger charge is 2.29. The van der Waals surface area contributed by atoms with E-state index >= 15 is 0 Å². The van der Waals surface area contributed by atoms with Crippen LogP contribution in [0.3, 0.4) is 0 Å². The third kappa shape index (κ3) is 5.31. The summed E-state index contributed by atoms with van der Waals surface area (Å²) in [5.41, 5.74) is 1.50. The van der Waals surface area contributed by atoms with E-state index in [0.29, 0.717) is 0 Å². The van der Waals surface area contributed by atoms with Crippen LogP contribution in [0.15, 0.2) is 18.2 Å². The van der Waals surface area contributed by atoms with Crippen molar-refractivity contribution < 1.29 is 14.6 Å². The second kappa shape index (κ2) is 7.61. The number of nitrogens with one attached hydrogen (secondary N) is 1. The smallest absolute Gasteiger partial charge is 0.241 e. The molecule has 0 radical (unpaired) electrons. The zero-order valence-electron chi connectivity index (χ0n) is 14.4. The Morgan fingerprint density at radius 3 is 2.55 bits per heavy atom. The lowest BCUT2D eigenvalue weighted by Gasteiger charge is -2.29. The molecule has 0 aliphatic carbocycles. The van der Waals surface area contributed by atoms with Gasteiger partial charge in [0.15, 0.2) is 0 Å². The van der Waals surface area contributed by atoms with Crippen LogP contribution in [0, 0.1) is 13.8 Å². The summed E-state index contributed by atoms with van der Waals surface area (Å²) in [5.74, 6) is 0.739. The molecule has 1 aromatic carbocycles. The van der Waals surface area contributed by atoms with Crippen LogP contribution in [0.25, 0.3) is 0 Å². The number of hydrogen-bond donors (Lipinski definition) is 2. The molecule has 5 nitrogen and oxygen atoms in total. The summed E-state index contributed by atoms with van der Waals surface area (Å²) in [6.45, 7) is 8.08. The minimum absolute atomic E-state index is 0.0324. The molecular formula is C17H28N2O3. The van der Waals surface area contributed by atoms with Crippen molar-refractivity contribution in [2.45, 2.75) is 39.3 Å². The van der Waals surface area contributed by atoms with E-state index in [1.54, 1.807) is 27.9 Å². The molecule has 0 spiro atoms. The van der Waals surface area contributed by atoms with Gasteiger partial charge in [0, 0.05) is 20.6 Å². The first kappa shape index (κ1) is 18.5. The van der Waals surface area contributed by atoms with Gasteiger partial charge in [-0.2, -0.15) is 0 Å². The number of ether oxygens (including phenoxy) is 1. The number of carbonyl (C=O) groups is 1. The van der Waals surface area contributed by atoms with Crippen molar-refractivity contribution in [3.8, 4) is 5.75 Å². The van der Waals surface area contributed by atoms with E-state index in [1.807, 2.05) is 32.0 Å². The summed E-state index contributed by atoms with van der Waals surface area (Å²) in [7, 11) is 3.43. The van der Waals surface area contributed by atoms with Gasteiger partial charge in [0.05, 0.1) is 5.54 Å². The molecule has 0 saturated carbocycles. The van der Waals surface area contributed by atoms with Crippen molar-refractivity contribution >= 4 is 5.91 Å². The average Bonchev–Trinajstić information content (AvgIpc) is 2.43. The first-order valence-corrected chi connectivity index (χ1v) is 7.48. The van der Waals surface area contributed by atoms with Gasteiger partial charge in [-0.05, 0) is 39.3 Å². The minimum Gasteiger partial charge on any atom is -0.491 e. The molecule has 0 saturated heterocycles. The van der Waals surface area contributed by atoms with Crippen LogP contribution in [0.2, 0.25) is 0 Å². The Labute approximate surface area is 133 Å². The van der Waals surface area contributed by atoms with Crippen molar-refractivity contribution in [3.05, 3.63) is 29.3 Å². The fourth-order valence-electron chi connectivity index (χ4n) is 2.21. The number of nitrogens with zero attached hydrogens (tertiary/aromatic N) is 1. The number of β-amino-alcohol motifs (C(OH)–C–C–N with tert-alkyl or cyclic N) is 1. The van der Waals surface area contributed by atoms with Gasteiger partial charge in [0.25, 0.3) is 0 Å². The minimum atomic E-state index is -0.718. The van der Waals surface area contributed by atoms with E-state index in [4.69, 9.17) is 4.74 Å². The van der Waals surface area contributed by atoms with Gasteiger partial charge in [0.1, 0.15) is 18.5 Å². The fourth-order valence-corrected chi connectivity index (χ4v) is 2.21. The van der Waals surface area contributed by atoms with E-state index in [9.17, 15) is 9.90 Å². The van der Waals surface area contributed by atoms with E-state index in [-0.39, 0.29) is 19.1 Å². The zero-order valence-corrected chi connectivity index (χ0v) is 14.4. The van der Waals surface area contributed by atoms with Crippen molar-refractivity contribution in [2.24, 2.45) is 0 Å². The van der Waals surface area contributed by atoms with Crippen molar-refractivity contribution in [2.75, 3.05) is 27.2 Å². The van der Waals surface area contributed by atoms with E-state index in [2.05, 4.69) is 5.32 Å². The summed E-state index contributed by atoms with van der Waals surface area (Å²) in [4.78, 5) is 13.5. The van der Waals surface area contributed by atoms with Gasteiger partial charge >= 0.3 is 0 Å². The van der Waals surface area contributed by atoms with E-state index in [1.165, 1.54) is 10.5 Å². The molecule has 1 atom stereocenters. The predicted molar refractivity (Wildman–Crippen MR) is 88.2 cm³/mol. The second-order valence-corrected chi connectivity index (χ2v) is 6.44. The van der Waals surface area contributed by atoms with Crippen LogP contribution >= 0.6 is 0 Å². The maximum Gasteiger partial charge on any atom is 0.241 e. The monoisotopic (exact) mass is 308 g/mol. The lowest BCUT2D eigenvalue weighted by Crippen LogP contribution is -2.54. The molecule has 0 aliphatic rings. The molecule has 0 bridgehead atoms. The number of amides is 1. The molecule has 1 amide bonds. The predicted octanol–water partition coefficient (Wildman–Crippen LogP) is 1.50. The van der Waals surface area contributed by atoms with Crippen molar-refractivity contribution in [1.29, 1.82) is 0 Å². The first-order chi connectivity index (χ1) is 10.1. The lowest BCUT2D eigenvalue weighted by atomic mass is 10.0. The van der Waals surface area contributed by atoms with Gasteiger partial charge in [-0.15, -0.1) is 0 Å². The van der Waals surface area contributed by atoms with Crippen LogP contribution < -0.4 is 10.1 Å². The molecule has 0 aromatic heterocycles. The number of rotatable bonds is 7. The molecule has 0 fully saturated rings. The third-order valence-corrected chi connectivity index (χ3v) is 3.48. The zero-order chi connectivity index (χ0) is 16.9. The van der Waals surface area contributed by atoms with E-state index in [0.717, 1.165) is 11.3 Å². The Morgan fingerprint density at radius 2 is 2.00 bits per heavy atom. The van der Waals surface area contributed by atoms with Gasteiger partial charge in [-0.3, -0.25) is 4.79 Å². The lowest BCUT2D eigenvalue weighted by molar-refractivity contribution is -0.134. The van der Waals surface area contributed by atoms with Crippen molar-refractivity contribution in [1.82, 2.24) is 10.2 Å². The Hall–Kier alpha value is -1.59. The maximum absolute atomic E-state index is 12.0. The summed E-state index contributed by atoms with van der Waals surface area (Å²) in [6.07, 6.45) is -0.685. The Balaban J connectivity index is 2.46. The van der Waals surface area contributed by atoms with Crippen LogP contribution in [-0.2, 0) is 4.79 Å². The van der Waals surface area contributed by atoms with Crippen LogP contribution in [0.4, 0.5) is 0 Å². The summed E-state index contributed by atoms with van der Waals surface area (Å²) in [6, 6.07) is 5.93. The molecule has 124 valence electrons. The summed E-state index contributed by atoms with van der Waals surface area (Å²) >= 11 is 0. The highest BCUT2D eigenvalue weighted by atomic mass is 16.5. The molecule has 22 heavy (non-hydrogen) atoms. The second-order valence-electron chi connectivity index (χ2n) is 6.44. The molecule has 0 aliphatic heterocycles. The normalized spacial score (nSPS) is 12.9. The highest BCUT2D eigenvalue weighted by molar-refractivity contribution is 5.85. The van der Waals surface area contributed by atoms with Gasteiger partial charge < -0.3 is 20.1 Å². The quantitative estimate of drug-likeness (QED) is 0.801. The molecule has 5 heteroatoms. The van der Waals surface area contributed by atoms with Crippen LogP contribution in [0.1, 0.15) is 25.0 Å². The highest BCUT2D eigenvalue weighted by Crippen LogP contribution is 2.18. The maximum atomic E-state index is 12.0. The average molecular weight is 308 g/mol.